The van der Waals surface area contributed by atoms with Crippen LogP contribution in [0.2, 0.25) is 0 Å². The van der Waals surface area contributed by atoms with Gasteiger partial charge in [0.2, 0.25) is 11.8 Å². The van der Waals surface area contributed by atoms with Gasteiger partial charge in [0.25, 0.3) is 0 Å². The normalized spacial score (nSPS) is 10.8. The van der Waals surface area contributed by atoms with E-state index < -0.39 is 0 Å². The second-order valence-electron chi connectivity index (χ2n) is 5.33. The summed E-state index contributed by atoms with van der Waals surface area (Å²) in [6, 6.07) is 13.0. The predicted molar refractivity (Wildman–Crippen MR) is 90.4 cm³/mol. The second-order valence-corrected chi connectivity index (χ2v) is 5.33. The maximum atomic E-state index is 11.6. The Balaban J connectivity index is 2.31. The fraction of sp³-hybridized carbons (Fsp3) is 0.222. The third-order valence-corrected chi connectivity index (χ3v) is 3.44. The van der Waals surface area contributed by atoms with E-state index in [-0.39, 0.29) is 11.8 Å². The molecule has 0 radical (unpaired) electrons. The zero-order valence-corrected chi connectivity index (χ0v) is 13.7. The number of azo groups is 1. The van der Waals surface area contributed by atoms with Crippen molar-refractivity contribution in [2.24, 2.45) is 10.2 Å². The lowest BCUT2D eigenvalue weighted by Crippen LogP contribution is -2.33. The maximum absolute atomic E-state index is 11.6. The topological polar surface area (TPSA) is 62.1 Å². The monoisotopic (exact) mass is 309 g/mol. The Bertz CT molecular complexity index is 768. The van der Waals surface area contributed by atoms with Crippen LogP contribution in [0.3, 0.4) is 0 Å². The van der Waals surface area contributed by atoms with Gasteiger partial charge in [0, 0.05) is 13.8 Å². The van der Waals surface area contributed by atoms with Gasteiger partial charge < -0.3 is 0 Å². The van der Waals surface area contributed by atoms with Gasteiger partial charge in [0.05, 0.1) is 17.1 Å². The first-order valence-electron chi connectivity index (χ1n) is 7.29. The average Bonchev–Trinajstić information content (AvgIpc) is 2.48. The molecule has 0 atom stereocenters. The van der Waals surface area contributed by atoms with E-state index in [1.807, 2.05) is 38.1 Å². The Hall–Kier alpha value is -2.82. The quantitative estimate of drug-likeness (QED) is 0.777. The third-order valence-electron chi connectivity index (χ3n) is 3.44. The molecule has 0 saturated carbocycles. The molecule has 2 aromatic rings. The molecule has 5 heteroatoms. The number of aryl methyl sites for hydroxylation is 2. The number of imide groups is 1. The van der Waals surface area contributed by atoms with E-state index in [4.69, 9.17) is 0 Å². The molecule has 5 nitrogen and oxygen atoms in total. The number of rotatable bonds is 3. The molecule has 2 aromatic carbocycles. The summed E-state index contributed by atoms with van der Waals surface area (Å²) in [6.07, 6.45) is 0. The minimum Gasteiger partial charge on any atom is -0.274 e. The van der Waals surface area contributed by atoms with Crippen LogP contribution >= 0.6 is 0 Å². The van der Waals surface area contributed by atoms with Crippen LogP contribution in [-0.2, 0) is 9.59 Å². The Labute approximate surface area is 135 Å². The van der Waals surface area contributed by atoms with Crippen molar-refractivity contribution in [2.75, 3.05) is 4.90 Å². The van der Waals surface area contributed by atoms with E-state index >= 15 is 0 Å². The van der Waals surface area contributed by atoms with Crippen molar-refractivity contribution < 1.29 is 9.59 Å². The second kappa shape index (κ2) is 6.96. The van der Waals surface area contributed by atoms with Gasteiger partial charge in [0.1, 0.15) is 0 Å². The standard InChI is InChI=1S/C18H19N3O2/c1-12-7-5-6-8-17(12)20-19-16-9-10-18(13(2)11-16)21(14(3)22)15(4)23/h5-11H,1-4H3/b20-19+. The molecule has 2 rings (SSSR count). The Morgan fingerprint density at radius 2 is 1.52 bits per heavy atom. The Morgan fingerprint density at radius 3 is 2.09 bits per heavy atom. The van der Waals surface area contributed by atoms with E-state index in [1.54, 1.807) is 18.2 Å². The lowest BCUT2D eigenvalue weighted by Gasteiger charge is -2.19. The smallest absolute Gasteiger partial charge is 0.230 e. The molecule has 0 aliphatic rings. The van der Waals surface area contributed by atoms with Gasteiger partial charge in [-0.1, -0.05) is 18.2 Å². The van der Waals surface area contributed by atoms with Gasteiger partial charge >= 0.3 is 0 Å². The van der Waals surface area contributed by atoms with Gasteiger partial charge in [-0.2, -0.15) is 10.2 Å². The minimum absolute atomic E-state index is 0.310. The SMILES string of the molecule is CC(=O)N(C(C)=O)c1ccc(/N=N/c2ccccc2C)cc1C. The van der Waals surface area contributed by atoms with Crippen molar-refractivity contribution in [3.8, 4) is 0 Å². The summed E-state index contributed by atoms with van der Waals surface area (Å²) in [7, 11) is 0. The zero-order chi connectivity index (χ0) is 17.0. The lowest BCUT2D eigenvalue weighted by molar-refractivity contribution is -0.124. The number of benzene rings is 2. The molecule has 0 unspecified atom stereocenters. The molecule has 0 saturated heterocycles. The minimum atomic E-state index is -0.310. The summed E-state index contributed by atoms with van der Waals surface area (Å²) < 4.78 is 0. The fourth-order valence-corrected chi connectivity index (χ4v) is 2.30. The van der Waals surface area contributed by atoms with Crippen LogP contribution in [0.4, 0.5) is 17.1 Å². The largest absolute Gasteiger partial charge is 0.274 e. The van der Waals surface area contributed by atoms with Crippen LogP contribution in [0.5, 0.6) is 0 Å². The van der Waals surface area contributed by atoms with Gasteiger partial charge in [-0.3, -0.25) is 14.5 Å². The Morgan fingerprint density at radius 1 is 0.870 bits per heavy atom. The third kappa shape index (κ3) is 3.88. The number of hydrogen-bond donors (Lipinski definition) is 0. The predicted octanol–water partition coefficient (Wildman–Crippen LogP) is 4.62. The number of hydrogen-bond acceptors (Lipinski definition) is 4. The van der Waals surface area contributed by atoms with Crippen LogP contribution in [0, 0.1) is 13.8 Å². The van der Waals surface area contributed by atoms with Crippen LogP contribution in [0.15, 0.2) is 52.7 Å². The van der Waals surface area contributed by atoms with Crippen LogP contribution in [-0.4, -0.2) is 11.8 Å². The van der Waals surface area contributed by atoms with E-state index in [9.17, 15) is 9.59 Å². The van der Waals surface area contributed by atoms with Crippen LogP contribution in [0.25, 0.3) is 0 Å². The van der Waals surface area contributed by atoms with Crippen molar-refractivity contribution >= 4 is 28.9 Å². The molecule has 118 valence electrons. The molecule has 0 aromatic heterocycles. The van der Waals surface area contributed by atoms with E-state index in [0.717, 1.165) is 21.7 Å². The molecule has 0 N–H and O–H groups in total. The first-order valence-corrected chi connectivity index (χ1v) is 7.29. The highest BCUT2D eigenvalue weighted by atomic mass is 16.2. The zero-order valence-electron chi connectivity index (χ0n) is 13.7. The van der Waals surface area contributed by atoms with E-state index in [0.29, 0.717) is 11.4 Å². The van der Waals surface area contributed by atoms with Crippen molar-refractivity contribution in [1.82, 2.24) is 0 Å². The molecule has 23 heavy (non-hydrogen) atoms. The first-order chi connectivity index (χ1) is 10.9. The highest BCUT2D eigenvalue weighted by Crippen LogP contribution is 2.27. The van der Waals surface area contributed by atoms with Crippen LogP contribution in [0.1, 0.15) is 25.0 Å². The number of carbonyl (C=O) groups is 2. The van der Waals surface area contributed by atoms with Crippen molar-refractivity contribution in [3.05, 3.63) is 53.6 Å². The molecule has 0 fully saturated rings. The average molecular weight is 309 g/mol. The molecule has 0 aliphatic carbocycles. The van der Waals surface area contributed by atoms with Gasteiger partial charge in [-0.25, -0.2) is 0 Å². The van der Waals surface area contributed by atoms with Crippen molar-refractivity contribution in [2.45, 2.75) is 27.7 Å². The van der Waals surface area contributed by atoms with E-state index in [1.165, 1.54) is 13.8 Å². The number of nitrogens with zero attached hydrogens (tertiary/aromatic N) is 3. The van der Waals surface area contributed by atoms with E-state index in [2.05, 4.69) is 10.2 Å². The molecular formula is C18H19N3O2. The Kier molecular flexibility index (Phi) is 5.01. The summed E-state index contributed by atoms with van der Waals surface area (Å²) in [5.41, 5.74) is 3.88. The molecule has 0 heterocycles. The lowest BCUT2D eigenvalue weighted by atomic mass is 10.1. The highest BCUT2D eigenvalue weighted by Gasteiger charge is 2.18. The number of carbonyl (C=O) groups excluding carboxylic acids is 2. The summed E-state index contributed by atoms with van der Waals surface area (Å²) in [5.74, 6) is -0.621. The molecule has 0 aliphatic heterocycles. The molecule has 0 spiro atoms. The molecule has 0 bridgehead atoms. The molecular weight excluding hydrogens is 290 g/mol. The van der Waals surface area contributed by atoms with Crippen LogP contribution < -0.4 is 4.90 Å². The number of amides is 2. The van der Waals surface area contributed by atoms with Crippen molar-refractivity contribution in [3.63, 3.8) is 0 Å². The summed E-state index contributed by atoms with van der Waals surface area (Å²) in [6.45, 7) is 6.54. The fourth-order valence-electron chi connectivity index (χ4n) is 2.30. The van der Waals surface area contributed by atoms with Gasteiger partial charge in [-0.05, 0) is 49.2 Å². The number of anilines is 1. The first kappa shape index (κ1) is 16.5. The van der Waals surface area contributed by atoms with Gasteiger partial charge in [0.15, 0.2) is 0 Å². The summed E-state index contributed by atoms with van der Waals surface area (Å²) in [4.78, 5) is 24.4. The highest BCUT2D eigenvalue weighted by molar-refractivity contribution is 6.13. The van der Waals surface area contributed by atoms with Gasteiger partial charge in [-0.15, -0.1) is 0 Å². The summed E-state index contributed by atoms with van der Waals surface area (Å²) in [5, 5.41) is 8.46. The summed E-state index contributed by atoms with van der Waals surface area (Å²) >= 11 is 0. The molecule has 2 amide bonds. The maximum Gasteiger partial charge on any atom is 0.230 e. The van der Waals surface area contributed by atoms with Crippen molar-refractivity contribution in [1.29, 1.82) is 0 Å².